The summed E-state index contributed by atoms with van der Waals surface area (Å²) in [5.74, 6) is -0.837. The highest BCUT2D eigenvalue weighted by molar-refractivity contribution is 7.53. The van der Waals surface area contributed by atoms with Gasteiger partial charge in [-0.2, -0.15) is 4.98 Å². The SMILES string of the molecule is CP(=O)(OCc1ccccc1)OC1(CC(=O)O)CCN(c2ccc(-c3ccc(OCc4ccccc4)nc3OCc3ccccc3)cc2F)CC1. The van der Waals surface area contributed by atoms with E-state index in [1.165, 1.54) is 12.7 Å². The summed E-state index contributed by atoms with van der Waals surface area (Å²) in [6.45, 7) is 2.61. The van der Waals surface area contributed by atoms with Crippen molar-refractivity contribution in [3.8, 4) is 22.9 Å². The van der Waals surface area contributed by atoms with Gasteiger partial charge in [0.05, 0.1) is 24.3 Å². The predicted molar refractivity (Wildman–Crippen MR) is 193 cm³/mol. The number of ether oxygens (including phenoxy) is 2. The van der Waals surface area contributed by atoms with Crippen LogP contribution >= 0.6 is 7.60 Å². The summed E-state index contributed by atoms with van der Waals surface area (Å²) in [4.78, 5) is 18.4. The number of halogens is 1. The molecule has 264 valence electrons. The van der Waals surface area contributed by atoms with Crippen LogP contribution < -0.4 is 14.4 Å². The van der Waals surface area contributed by atoms with Crippen molar-refractivity contribution in [2.75, 3.05) is 24.7 Å². The van der Waals surface area contributed by atoms with Crippen molar-refractivity contribution in [1.29, 1.82) is 0 Å². The number of carboxylic acids is 1. The van der Waals surface area contributed by atoms with Crippen LogP contribution in [0.1, 0.15) is 36.0 Å². The highest BCUT2D eigenvalue weighted by atomic mass is 31.2. The predicted octanol–water partition coefficient (Wildman–Crippen LogP) is 8.92. The van der Waals surface area contributed by atoms with E-state index >= 15 is 4.39 Å². The molecule has 6 rings (SSSR count). The van der Waals surface area contributed by atoms with E-state index in [0.717, 1.165) is 16.7 Å². The monoisotopic (exact) mass is 710 g/mol. The Balaban J connectivity index is 1.17. The van der Waals surface area contributed by atoms with Gasteiger partial charge in [0.2, 0.25) is 11.8 Å². The average Bonchev–Trinajstić information content (AvgIpc) is 3.13. The minimum Gasteiger partial charge on any atom is -0.481 e. The van der Waals surface area contributed by atoms with Gasteiger partial charge >= 0.3 is 13.6 Å². The van der Waals surface area contributed by atoms with Gasteiger partial charge < -0.3 is 28.5 Å². The number of nitrogens with zero attached hydrogens (tertiary/aromatic N) is 2. The van der Waals surface area contributed by atoms with E-state index in [1.54, 1.807) is 12.1 Å². The molecule has 1 saturated heterocycles. The van der Waals surface area contributed by atoms with Gasteiger partial charge in [-0.05, 0) is 53.3 Å². The Labute approximate surface area is 297 Å². The number of aromatic nitrogens is 1. The van der Waals surface area contributed by atoms with Crippen molar-refractivity contribution in [3.63, 3.8) is 0 Å². The lowest BCUT2D eigenvalue weighted by atomic mass is 9.88. The fraction of sp³-hybridized carbons (Fsp3) is 0.250. The van der Waals surface area contributed by atoms with Crippen molar-refractivity contribution >= 4 is 19.3 Å². The summed E-state index contributed by atoms with van der Waals surface area (Å²) in [6, 6.07) is 37.2. The summed E-state index contributed by atoms with van der Waals surface area (Å²) in [5, 5.41) is 9.72. The van der Waals surface area contributed by atoms with E-state index in [0.29, 0.717) is 48.3 Å². The highest BCUT2D eigenvalue weighted by Gasteiger charge is 2.43. The second-order valence-electron chi connectivity index (χ2n) is 12.6. The molecule has 1 atom stereocenters. The van der Waals surface area contributed by atoms with Crippen LogP contribution in [0.3, 0.4) is 0 Å². The van der Waals surface area contributed by atoms with Crippen LogP contribution in [-0.2, 0) is 38.2 Å². The zero-order chi connectivity index (χ0) is 35.7. The van der Waals surface area contributed by atoms with E-state index in [2.05, 4.69) is 4.98 Å². The van der Waals surface area contributed by atoms with E-state index in [9.17, 15) is 14.5 Å². The first-order chi connectivity index (χ1) is 24.7. The van der Waals surface area contributed by atoms with Gasteiger partial charge in [-0.1, -0.05) is 97.1 Å². The summed E-state index contributed by atoms with van der Waals surface area (Å²) >= 11 is 0. The summed E-state index contributed by atoms with van der Waals surface area (Å²) in [7, 11) is -3.63. The summed E-state index contributed by atoms with van der Waals surface area (Å²) < 4.78 is 53.1. The maximum absolute atomic E-state index is 15.9. The van der Waals surface area contributed by atoms with Crippen LogP contribution in [-0.4, -0.2) is 41.4 Å². The fourth-order valence-electron chi connectivity index (χ4n) is 6.10. The van der Waals surface area contributed by atoms with Crippen molar-refractivity contribution in [2.45, 2.75) is 44.7 Å². The molecule has 0 bridgehead atoms. The molecule has 9 nitrogen and oxygen atoms in total. The van der Waals surface area contributed by atoms with Gasteiger partial charge in [0.15, 0.2) is 0 Å². The molecule has 0 aliphatic carbocycles. The second kappa shape index (κ2) is 16.3. The molecule has 1 aliphatic rings. The molecule has 1 aromatic heterocycles. The molecule has 51 heavy (non-hydrogen) atoms. The lowest BCUT2D eigenvalue weighted by Crippen LogP contribution is -2.47. The van der Waals surface area contributed by atoms with Crippen molar-refractivity contribution in [3.05, 3.63) is 144 Å². The average molecular weight is 711 g/mol. The topological polar surface area (TPSA) is 107 Å². The second-order valence-corrected chi connectivity index (χ2v) is 14.6. The molecule has 0 saturated carbocycles. The van der Waals surface area contributed by atoms with Crippen LogP contribution in [0, 0.1) is 5.82 Å². The number of hydrogen-bond acceptors (Lipinski definition) is 8. The highest BCUT2D eigenvalue weighted by Crippen LogP contribution is 2.52. The lowest BCUT2D eigenvalue weighted by Gasteiger charge is -2.42. The molecule has 1 fully saturated rings. The molecule has 1 unspecified atom stereocenters. The van der Waals surface area contributed by atoms with Gasteiger partial charge in [0.1, 0.15) is 19.0 Å². The first kappa shape index (κ1) is 35.8. The van der Waals surface area contributed by atoms with Gasteiger partial charge in [-0.25, -0.2) is 4.39 Å². The normalized spacial score (nSPS) is 15.1. The van der Waals surface area contributed by atoms with E-state index in [1.807, 2.05) is 108 Å². The van der Waals surface area contributed by atoms with Crippen LogP contribution in [0.4, 0.5) is 10.1 Å². The molecule has 2 heterocycles. The van der Waals surface area contributed by atoms with Gasteiger partial charge in [0, 0.05) is 31.4 Å². The van der Waals surface area contributed by atoms with E-state index < -0.39 is 25.0 Å². The van der Waals surface area contributed by atoms with E-state index in [4.69, 9.17) is 18.5 Å². The van der Waals surface area contributed by atoms with Crippen LogP contribution in [0.15, 0.2) is 121 Å². The van der Waals surface area contributed by atoms with Crippen molar-refractivity contribution < 1.29 is 37.4 Å². The molecular formula is C40H40FN2O7P. The van der Waals surface area contributed by atoms with Crippen LogP contribution in [0.2, 0.25) is 0 Å². The molecule has 4 aromatic carbocycles. The third-order valence-corrected chi connectivity index (χ3v) is 10.0. The minimum absolute atomic E-state index is 0.0689. The maximum atomic E-state index is 15.9. The molecule has 5 aromatic rings. The van der Waals surface area contributed by atoms with Gasteiger partial charge in [-0.3, -0.25) is 9.36 Å². The molecule has 0 spiro atoms. The number of carbonyl (C=O) groups is 1. The number of carboxylic acid groups (broad SMARTS) is 1. The number of pyridine rings is 1. The van der Waals surface area contributed by atoms with Gasteiger partial charge in [-0.15, -0.1) is 0 Å². The van der Waals surface area contributed by atoms with Crippen LogP contribution in [0.25, 0.3) is 11.1 Å². The maximum Gasteiger partial charge on any atom is 0.328 e. The number of hydrogen-bond donors (Lipinski definition) is 1. The Hall–Kier alpha value is -5.02. The molecule has 11 heteroatoms. The Kier molecular flexibility index (Phi) is 11.5. The zero-order valence-electron chi connectivity index (χ0n) is 28.3. The number of anilines is 1. The summed E-state index contributed by atoms with van der Waals surface area (Å²) in [6.07, 6.45) is 0.0936. The summed E-state index contributed by atoms with van der Waals surface area (Å²) in [5.41, 5.74) is 3.10. The lowest BCUT2D eigenvalue weighted by molar-refractivity contribution is -0.142. The first-order valence-corrected chi connectivity index (χ1v) is 18.7. The zero-order valence-corrected chi connectivity index (χ0v) is 29.2. The van der Waals surface area contributed by atoms with E-state index in [-0.39, 0.29) is 32.5 Å². The van der Waals surface area contributed by atoms with Crippen molar-refractivity contribution in [1.82, 2.24) is 4.98 Å². The Morgan fingerprint density at radius 2 is 1.37 bits per heavy atom. The minimum atomic E-state index is -3.63. The molecule has 0 amide bonds. The molecule has 1 aliphatic heterocycles. The Bertz CT molecular complexity index is 1960. The first-order valence-electron chi connectivity index (χ1n) is 16.7. The molecular weight excluding hydrogens is 670 g/mol. The fourth-order valence-corrected chi connectivity index (χ4v) is 7.48. The van der Waals surface area contributed by atoms with Crippen molar-refractivity contribution in [2.24, 2.45) is 0 Å². The van der Waals surface area contributed by atoms with Gasteiger partial charge in [0.25, 0.3) is 0 Å². The number of piperidine rings is 1. The third kappa shape index (κ3) is 9.82. The Morgan fingerprint density at radius 3 is 1.94 bits per heavy atom. The standard InChI is InChI=1S/C40H40FN2O7P/c1-51(46,49-29-32-15-9-4-10-16-32)50-40(26-38(44)45)21-23-43(24-22-40)36-19-17-33(25-35(36)41)34-18-20-37(47-27-30-11-5-2-6-12-30)42-39(34)48-28-31-13-7-3-8-14-31/h2-20,25H,21-24,26-29H2,1H3,(H,44,45). The quantitative estimate of drug-likeness (QED) is 0.107. The molecule has 0 radical (unpaired) electrons. The number of benzene rings is 4. The number of aliphatic carboxylic acids is 1. The largest absolute Gasteiger partial charge is 0.481 e. The number of rotatable bonds is 15. The smallest absolute Gasteiger partial charge is 0.328 e. The van der Waals surface area contributed by atoms with Crippen LogP contribution in [0.5, 0.6) is 11.8 Å². The Morgan fingerprint density at radius 1 is 0.804 bits per heavy atom. The third-order valence-electron chi connectivity index (χ3n) is 8.70. The molecule has 1 N–H and O–H groups in total.